The van der Waals surface area contributed by atoms with Crippen LogP contribution in [0.4, 0.5) is 5.95 Å². The number of aromatic nitrogens is 3. The Balaban J connectivity index is 1.42. The maximum Gasteiger partial charge on any atom is 0.291 e. The van der Waals surface area contributed by atoms with Crippen LogP contribution in [-0.4, -0.2) is 71.6 Å². The topological polar surface area (TPSA) is 72.7 Å². The van der Waals surface area contributed by atoms with E-state index in [1.165, 1.54) is 11.1 Å². The molecular weight excluding hydrogens is 406 g/mol. The Bertz CT molecular complexity index is 951. The van der Waals surface area contributed by atoms with Crippen molar-refractivity contribution < 1.29 is 14.3 Å². The highest BCUT2D eigenvalue weighted by Gasteiger charge is 2.44. The van der Waals surface area contributed by atoms with Gasteiger partial charge in [0.2, 0.25) is 11.8 Å². The lowest BCUT2D eigenvalue weighted by molar-refractivity contribution is -0.0598. The molecule has 2 aromatic rings. The number of nitrogens with zero attached hydrogens (tertiary/aromatic N) is 5. The average Bonchev–Trinajstić information content (AvgIpc) is 3.57. The Morgan fingerprint density at radius 2 is 2.03 bits per heavy atom. The van der Waals surface area contributed by atoms with Crippen molar-refractivity contribution in [2.24, 2.45) is 0 Å². The molecule has 2 aliphatic heterocycles. The molecule has 8 heteroatoms. The first-order valence-electron chi connectivity index (χ1n) is 12.0. The Morgan fingerprint density at radius 1 is 1.19 bits per heavy atom. The lowest BCUT2D eigenvalue weighted by atomic mass is 9.94. The fourth-order valence-electron chi connectivity index (χ4n) is 5.35. The predicted molar refractivity (Wildman–Crippen MR) is 121 cm³/mol. The predicted octanol–water partition coefficient (Wildman–Crippen LogP) is 2.62. The second-order valence-electron chi connectivity index (χ2n) is 8.95. The van der Waals surface area contributed by atoms with Crippen molar-refractivity contribution in [3.8, 4) is 0 Å². The zero-order valence-corrected chi connectivity index (χ0v) is 19.0. The number of hydrogen-bond acceptors (Lipinski definition) is 6. The van der Waals surface area contributed by atoms with Crippen molar-refractivity contribution in [2.75, 3.05) is 50.9 Å². The van der Waals surface area contributed by atoms with Crippen LogP contribution in [0.2, 0.25) is 0 Å². The van der Waals surface area contributed by atoms with Crippen molar-refractivity contribution in [2.45, 2.75) is 51.2 Å². The van der Waals surface area contributed by atoms with Gasteiger partial charge in [0.25, 0.3) is 5.91 Å². The van der Waals surface area contributed by atoms with E-state index in [0.29, 0.717) is 32.2 Å². The summed E-state index contributed by atoms with van der Waals surface area (Å²) in [7, 11) is 0. The molecule has 2 fully saturated rings. The molecule has 8 nitrogen and oxygen atoms in total. The van der Waals surface area contributed by atoms with Gasteiger partial charge in [0.05, 0.1) is 13.2 Å². The second kappa shape index (κ2) is 9.19. The molecule has 1 aromatic heterocycles. The SMILES string of the molecule is CCOCCCn1c(C(=O)N2CCCC2)nnc1N1CCO[C@]2(CCc3ccccc32)C1. The number of likely N-dealkylation sites (tertiary alicyclic amines) is 1. The van der Waals surface area contributed by atoms with E-state index in [0.717, 1.165) is 64.2 Å². The third-order valence-corrected chi connectivity index (χ3v) is 6.97. The first-order chi connectivity index (χ1) is 15.7. The van der Waals surface area contributed by atoms with Gasteiger partial charge in [0.1, 0.15) is 5.60 Å². The molecule has 5 rings (SSSR count). The molecule has 1 spiro atoms. The van der Waals surface area contributed by atoms with Crippen LogP contribution < -0.4 is 4.90 Å². The van der Waals surface area contributed by atoms with Crippen molar-refractivity contribution in [3.05, 3.63) is 41.2 Å². The van der Waals surface area contributed by atoms with Crippen molar-refractivity contribution in [1.29, 1.82) is 0 Å². The molecule has 1 aliphatic carbocycles. The molecule has 172 valence electrons. The number of carbonyl (C=O) groups excluding carboxylic acids is 1. The summed E-state index contributed by atoms with van der Waals surface area (Å²) in [6.07, 6.45) is 4.94. The average molecular weight is 440 g/mol. The maximum absolute atomic E-state index is 13.2. The number of amides is 1. The smallest absolute Gasteiger partial charge is 0.291 e. The number of anilines is 1. The summed E-state index contributed by atoms with van der Waals surface area (Å²) in [4.78, 5) is 17.4. The molecule has 0 unspecified atom stereocenters. The van der Waals surface area contributed by atoms with Gasteiger partial charge in [-0.2, -0.15) is 0 Å². The number of rotatable bonds is 7. The van der Waals surface area contributed by atoms with Crippen LogP contribution in [0, 0.1) is 0 Å². The maximum atomic E-state index is 13.2. The van der Waals surface area contributed by atoms with Gasteiger partial charge in [-0.15, -0.1) is 10.2 Å². The van der Waals surface area contributed by atoms with Gasteiger partial charge in [-0.25, -0.2) is 0 Å². The largest absolute Gasteiger partial charge is 0.382 e. The Labute approximate surface area is 189 Å². The standard InChI is InChI=1S/C24H33N5O3/c1-2-31-16-7-14-29-21(22(30)27-12-5-6-13-27)25-26-23(29)28-15-17-32-24(18-28)11-10-19-8-3-4-9-20(19)24/h3-4,8-9H,2,5-7,10-18H2,1H3/t24-/m1/s1. The van der Waals surface area contributed by atoms with Crippen molar-refractivity contribution >= 4 is 11.9 Å². The summed E-state index contributed by atoms with van der Waals surface area (Å²) >= 11 is 0. The minimum absolute atomic E-state index is 0.00755. The number of hydrogen-bond donors (Lipinski definition) is 0. The van der Waals surface area contributed by atoms with Crippen LogP contribution in [0.25, 0.3) is 0 Å². The summed E-state index contributed by atoms with van der Waals surface area (Å²) < 4.78 is 14.0. The minimum Gasteiger partial charge on any atom is -0.382 e. The number of morpholine rings is 1. The van der Waals surface area contributed by atoms with Crippen molar-refractivity contribution in [1.82, 2.24) is 19.7 Å². The van der Waals surface area contributed by atoms with E-state index in [-0.39, 0.29) is 11.5 Å². The normalized spacial score (nSPS) is 22.7. The third-order valence-electron chi connectivity index (χ3n) is 6.97. The fraction of sp³-hybridized carbons (Fsp3) is 0.625. The molecule has 3 heterocycles. The molecule has 32 heavy (non-hydrogen) atoms. The highest BCUT2D eigenvalue weighted by Crippen LogP contribution is 2.42. The molecular formula is C24H33N5O3. The summed E-state index contributed by atoms with van der Waals surface area (Å²) in [5, 5.41) is 8.93. The number of carbonyl (C=O) groups is 1. The number of ether oxygens (including phenoxy) is 2. The van der Waals surface area contributed by atoms with Crippen LogP contribution in [-0.2, 0) is 28.0 Å². The van der Waals surface area contributed by atoms with Gasteiger partial charge in [0.15, 0.2) is 0 Å². The Morgan fingerprint density at radius 3 is 2.88 bits per heavy atom. The van der Waals surface area contributed by atoms with E-state index in [4.69, 9.17) is 9.47 Å². The summed E-state index contributed by atoms with van der Waals surface area (Å²) in [6.45, 7) is 7.73. The minimum atomic E-state index is -0.309. The van der Waals surface area contributed by atoms with Crippen LogP contribution >= 0.6 is 0 Å². The summed E-state index contributed by atoms with van der Waals surface area (Å²) in [6, 6.07) is 8.59. The van der Waals surface area contributed by atoms with E-state index in [1.807, 2.05) is 16.4 Å². The highest BCUT2D eigenvalue weighted by atomic mass is 16.5. The van der Waals surface area contributed by atoms with Gasteiger partial charge in [0, 0.05) is 39.4 Å². The summed E-state index contributed by atoms with van der Waals surface area (Å²) in [5.74, 6) is 1.22. The quantitative estimate of drug-likeness (QED) is 0.618. The lowest BCUT2D eigenvalue weighted by Crippen LogP contribution is -2.50. The third kappa shape index (κ3) is 3.90. The molecule has 3 aliphatic rings. The van der Waals surface area contributed by atoms with E-state index in [1.54, 1.807) is 0 Å². The van der Waals surface area contributed by atoms with Gasteiger partial charge in [-0.05, 0) is 50.2 Å². The summed E-state index contributed by atoms with van der Waals surface area (Å²) in [5.41, 5.74) is 2.36. The molecule has 0 saturated carbocycles. The number of benzene rings is 1. The van der Waals surface area contributed by atoms with Gasteiger partial charge < -0.3 is 19.3 Å². The fourth-order valence-corrected chi connectivity index (χ4v) is 5.35. The van der Waals surface area contributed by atoms with E-state index < -0.39 is 0 Å². The molecule has 0 bridgehead atoms. The van der Waals surface area contributed by atoms with Gasteiger partial charge in [-0.3, -0.25) is 9.36 Å². The monoisotopic (exact) mass is 439 g/mol. The Kier molecular flexibility index (Phi) is 6.15. The van der Waals surface area contributed by atoms with Crippen LogP contribution in [0.1, 0.15) is 54.4 Å². The van der Waals surface area contributed by atoms with E-state index >= 15 is 0 Å². The van der Waals surface area contributed by atoms with Crippen LogP contribution in [0.5, 0.6) is 0 Å². The van der Waals surface area contributed by atoms with Crippen LogP contribution in [0.3, 0.4) is 0 Å². The molecule has 0 radical (unpaired) electrons. The zero-order chi connectivity index (χ0) is 22.0. The molecule has 1 amide bonds. The highest BCUT2D eigenvalue weighted by molar-refractivity contribution is 5.91. The van der Waals surface area contributed by atoms with Gasteiger partial charge >= 0.3 is 0 Å². The lowest BCUT2D eigenvalue weighted by Gasteiger charge is -2.41. The molecule has 2 saturated heterocycles. The first kappa shape index (κ1) is 21.4. The first-order valence-corrected chi connectivity index (χ1v) is 12.0. The van der Waals surface area contributed by atoms with E-state index in [9.17, 15) is 4.79 Å². The molecule has 1 atom stereocenters. The zero-order valence-electron chi connectivity index (χ0n) is 19.0. The molecule has 0 N–H and O–H groups in total. The number of aryl methyl sites for hydroxylation is 1. The molecule has 1 aromatic carbocycles. The number of fused-ring (bicyclic) bond motifs is 2. The van der Waals surface area contributed by atoms with Crippen LogP contribution in [0.15, 0.2) is 24.3 Å². The Hall–Kier alpha value is -2.45. The van der Waals surface area contributed by atoms with E-state index in [2.05, 4.69) is 39.4 Å². The second-order valence-corrected chi connectivity index (χ2v) is 8.95. The van der Waals surface area contributed by atoms with Gasteiger partial charge in [-0.1, -0.05) is 24.3 Å². The van der Waals surface area contributed by atoms with Crippen molar-refractivity contribution in [3.63, 3.8) is 0 Å².